The second kappa shape index (κ2) is 4.44. The summed E-state index contributed by atoms with van der Waals surface area (Å²) in [4.78, 5) is 11.5. The summed E-state index contributed by atoms with van der Waals surface area (Å²) in [7, 11) is 0. The molecule has 0 saturated heterocycles. The van der Waals surface area contributed by atoms with Gasteiger partial charge in [0.25, 0.3) is 0 Å². The van der Waals surface area contributed by atoms with Crippen LogP contribution < -0.4 is 0 Å². The van der Waals surface area contributed by atoms with E-state index in [0.717, 1.165) is 19.3 Å². The molecule has 2 atom stereocenters. The molecule has 0 heterocycles. The summed E-state index contributed by atoms with van der Waals surface area (Å²) >= 11 is 0. The van der Waals surface area contributed by atoms with E-state index in [1.165, 1.54) is 6.42 Å². The second-order valence-electron chi connectivity index (χ2n) is 3.70. The molecule has 0 bridgehead atoms. The van der Waals surface area contributed by atoms with E-state index in [4.69, 9.17) is 0 Å². The molecule has 1 heteroatoms. The first kappa shape index (κ1) is 9.50. The van der Waals surface area contributed by atoms with Crippen molar-refractivity contribution in [3.05, 3.63) is 12.2 Å². The van der Waals surface area contributed by atoms with Gasteiger partial charge in [0.15, 0.2) is 0 Å². The van der Waals surface area contributed by atoms with Gasteiger partial charge in [0.1, 0.15) is 5.78 Å². The van der Waals surface area contributed by atoms with E-state index in [0.29, 0.717) is 17.6 Å². The highest BCUT2D eigenvalue weighted by molar-refractivity contribution is 5.82. The Morgan fingerprint density at radius 2 is 2.25 bits per heavy atom. The predicted molar refractivity (Wildman–Crippen MR) is 50.9 cm³/mol. The van der Waals surface area contributed by atoms with Gasteiger partial charge in [-0.2, -0.15) is 0 Å². The summed E-state index contributed by atoms with van der Waals surface area (Å²) < 4.78 is 0. The van der Waals surface area contributed by atoms with Crippen LogP contribution in [0.1, 0.15) is 39.5 Å². The van der Waals surface area contributed by atoms with Gasteiger partial charge in [0.05, 0.1) is 0 Å². The van der Waals surface area contributed by atoms with Crippen LogP contribution in [-0.4, -0.2) is 5.78 Å². The molecule has 1 aliphatic carbocycles. The standard InChI is InChI=1S/C11H18O/c1-3-6-9(2)10-7-4-5-8-11(10)12/h3,6,9-10H,4-5,7-8H2,1-2H3/b6-3+/t9-,10-/m0/s1. The minimum absolute atomic E-state index is 0.315. The molecule has 0 aromatic heterocycles. The van der Waals surface area contributed by atoms with Crippen LogP contribution in [0.15, 0.2) is 12.2 Å². The topological polar surface area (TPSA) is 17.1 Å². The highest BCUT2D eigenvalue weighted by Crippen LogP contribution is 2.27. The van der Waals surface area contributed by atoms with E-state index < -0.39 is 0 Å². The Balaban J connectivity index is 2.53. The zero-order valence-corrected chi connectivity index (χ0v) is 8.05. The summed E-state index contributed by atoms with van der Waals surface area (Å²) in [6.07, 6.45) is 8.45. The van der Waals surface area contributed by atoms with Gasteiger partial charge in [0, 0.05) is 12.3 Å². The zero-order chi connectivity index (χ0) is 8.97. The lowest BCUT2D eigenvalue weighted by Gasteiger charge is -2.24. The van der Waals surface area contributed by atoms with E-state index >= 15 is 0 Å². The molecule has 1 fully saturated rings. The molecule has 0 amide bonds. The molecule has 68 valence electrons. The smallest absolute Gasteiger partial charge is 0.136 e. The fourth-order valence-electron chi connectivity index (χ4n) is 2.00. The molecule has 0 aromatic carbocycles. The molecule has 0 N–H and O–H groups in total. The Bertz CT molecular complexity index is 181. The van der Waals surface area contributed by atoms with Crippen molar-refractivity contribution >= 4 is 5.78 Å². The minimum Gasteiger partial charge on any atom is -0.299 e. The molecular weight excluding hydrogens is 148 g/mol. The lowest BCUT2D eigenvalue weighted by Crippen LogP contribution is -2.24. The number of carbonyl (C=O) groups is 1. The van der Waals surface area contributed by atoms with Crippen molar-refractivity contribution in [1.29, 1.82) is 0 Å². The monoisotopic (exact) mass is 166 g/mol. The maximum Gasteiger partial charge on any atom is 0.136 e. The Hall–Kier alpha value is -0.590. The largest absolute Gasteiger partial charge is 0.299 e. The Morgan fingerprint density at radius 3 is 2.83 bits per heavy atom. The number of ketones is 1. The number of carbonyl (C=O) groups excluding carboxylic acids is 1. The first-order valence-electron chi connectivity index (χ1n) is 4.91. The van der Waals surface area contributed by atoms with Gasteiger partial charge >= 0.3 is 0 Å². The highest BCUT2D eigenvalue weighted by atomic mass is 16.1. The lowest BCUT2D eigenvalue weighted by atomic mass is 9.80. The average Bonchev–Trinajstić information content (AvgIpc) is 2.05. The molecule has 0 unspecified atom stereocenters. The van der Waals surface area contributed by atoms with Gasteiger partial charge in [-0.05, 0) is 25.7 Å². The fraction of sp³-hybridized carbons (Fsp3) is 0.727. The van der Waals surface area contributed by atoms with Gasteiger partial charge in [-0.1, -0.05) is 25.5 Å². The van der Waals surface area contributed by atoms with Crippen LogP contribution in [0.25, 0.3) is 0 Å². The Labute approximate surface area is 74.9 Å². The number of rotatable bonds is 2. The third-order valence-electron chi connectivity index (χ3n) is 2.73. The van der Waals surface area contributed by atoms with E-state index in [2.05, 4.69) is 13.0 Å². The SMILES string of the molecule is C/C=C/[C@H](C)[C@@H]1CCCCC1=O. The number of allylic oxidation sites excluding steroid dienone is 2. The van der Waals surface area contributed by atoms with Gasteiger partial charge in [-0.25, -0.2) is 0 Å². The third kappa shape index (κ3) is 2.20. The van der Waals surface area contributed by atoms with Gasteiger partial charge in [0.2, 0.25) is 0 Å². The molecule has 12 heavy (non-hydrogen) atoms. The van der Waals surface area contributed by atoms with Crippen molar-refractivity contribution in [1.82, 2.24) is 0 Å². The van der Waals surface area contributed by atoms with Gasteiger partial charge in [-0.3, -0.25) is 4.79 Å². The van der Waals surface area contributed by atoms with Gasteiger partial charge in [-0.15, -0.1) is 0 Å². The Kier molecular flexibility index (Phi) is 3.51. The van der Waals surface area contributed by atoms with E-state index in [9.17, 15) is 4.79 Å². The van der Waals surface area contributed by atoms with Crippen LogP contribution in [0.4, 0.5) is 0 Å². The highest BCUT2D eigenvalue weighted by Gasteiger charge is 2.25. The maximum atomic E-state index is 11.5. The summed E-state index contributed by atoms with van der Waals surface area (Å²) in [6.45, 7) is 4.16. The van der Waals surface area contributed by atoms with Crippen molar-refractivity contribution in [3.63, 3.8) is 0 Å². The van der Waals surface area contributed by atoms with E-state index in [-0.39, 0.29) is 0 Å². The number of hydrogen-bond acceptors (Lipinski definition) is 1. The zero-order valence-electron chi connectivity index (χ0n) is 8.05. The van der Waals surface area contributed by atoms with Crippen LogP contribution in [-0.2, 0) is 4.79 Å². The predicted octanol–water partition coefficient (Wildman–Crippen LogP) is 2.96. The summed E-state index contributed by atoms with van der Waals surface area (Å²) in [5.41, 5.74) is 0. The molecule has 0 aromatic rings. The van der Waals surface area contributed by atoms with E-state index in [1.54, 1.807) is 0 Å². The first-order chi connectivity index (χ1) is 5.75. The van der Waals surface area contributed by atoms with Crippen LogP contribution in [0.3, 0.4) is 0 Å². The Morgan fingerprint density at radius 1 is 1.50 bits per heavy atom. The summed E-state index contributed by atoms with van der Waals surface area (Å²) in [5, 5.41) is 0. The van der Waals surface area contributed by atoms with Crippen LogP contribution in [0, 0.1) is 11.8 Å². The molecule has 0 radical (unpaired) electrons. The summed E-state index contributed by atoms with van der Waals surface area (Å²) in [5.74, 6) is 1.24. The molecule has 0 spiro atoms. The molecule has 1 saturated carbocycles. The molecule has 1 rings (SSSR count). The van der Waals surface area contributed by atoms with Crippen molar-refractivity contribution in [3.8, 4) is 0 Å². The molecule has 1 nitrogen and oxygen atoms in total. The summed E-state index contributed by atoms with van der Waals surface area (Å²) in [6, 6.07) is 0. The maximum absolute atomic E-state index is 11.5. The van der Waals surface area contributed by atoms with Crippen molar-refractivity contribution in [2.45, 2.75) is 39.5 Å². The number of Topliss-reactive ketones (excluding diaryl/α,β-unsaturated/α-hetero) is 1. The lowest BCUT2D eigenvalue weighted by molar-refractivity contribution is -0.125. The van der Waals surface area contributed by atoms with Crippen LogP contribution >= 0.6 is 0 Å². The minimum atomic E-state index is 0.315. The second-order valence-corrected chi connectivity index (χ2v) is 3.70. The van der Waals surface area contributed by atoms with Crippen molar-refractivity contribution < 1.29 is 4.79 Å². The number of hydrogen-bond donors (Lipinski definition) is 0. The normalized spacial score (nSPS) is 27.8. The van der Waals surface area contributed by atoms with Crippen molar-refractivity contribution in [2.75, 3.05) is 0 Å². The molecular formula is C11H18O. The fourth-order valence-corrected chi connectivity index (χ4v) is 2.00. The average molecular weight is 166 g/mol. The van der Waals surface area contributed by atoms with E-state index in [1.807, 2.05) is 13.0 Å². The molecule has 0 aliphatic heterocycles. The molecule has 1 aliphatic rings. The third-order valence-corrected chi connectivity index (χ3v) is 2.73. The first-order valence-corrected chi connectivity index (χ1v) is 4.91. The van der Waals surface area contributed by atoms with Crippen LogP contribution in [0.5, 0.6) is 0 Å². The van der Waals surface area contributed by atoms with Gasteiger partial charge < -0.3 is 0 Å². The van der Waals surface area contributed by atoms with Crippen molar-refractivity contribution in [2.24, 2.45) is 11.8 Å². The quantitative estimate of drug-likeness (QED) is 0.576. The van der Waals surface area contributed by atoms with Crippen LogP contribution in [0.2, 0.25) is 0 Å².